The van der Waals surface area contributed by atoms with Gasteiger partial charge in [0.2, 0.25) is 0 Å². The summed E-state index contributed by atoms with van der Waals surface area (Å²) in [7, 11) is 1.69. The van der Waals surface area contributed by atoms with Gasteiger partial charge in [0, 0.05) is 18.7 Å². The van der Waals surface area contributed by atoms with Crippen LogP contribution < -0.4 is 9.47 Å². The number of rotatable bonds is 3. The normalized spacial score (nSPS) is 14.3. The Labute approximate surface area is 126 Å². The van der Waals surface area contributed by atoms with Gasteiger partial charge in [-0.3, -0.25) is 4.79 Å². The Morgan fingerprint density at radius 3 is 2.90 bits per heavy atom. The molecule has 1 heterocycles. The first-order valence-corrected chi connectivity index (χ1v) is 7.07. The Morgan fingerprint density at radius 2 is 2.20 bits per heavy atom. The largest absolute Gasteiger partial charge is 0.486 e. The first-order valence-electron chi connectivity index (χ1n) is 6.28. The van der Waals surface area contributed by atoms with Gasteiger partial charge in [-0.1, -0.05) is 0 Å². The second kappa shape index (κ2) is 6.14. The van der Waals surface area contributed by atoms with Crippen molar-refractivity contribution in [2.24, 2.45) is 0 Å². The van der Waals surface area contributed by atoms with E-state index >= 15 is 0 Å². The van der Waals surface area contributed by atoms with Crippen LogP contribution in [-0.4, -0.2) is 37.1 Å². The minimum Gasteiger partial charge on any atom is -0.486 e. The predicted molar refractivity (Wildman–Crippen MR) is 76.9 cm³/mol. The zero-order chi connectivity index (χ0) is 14.7. The number of benzene rings is 1. The van der Waals surface area contributed by atoms with Gasteiger partial charge < -0.3 is 14.4 Å². The van der Waals surface area contributed by atoms with E-state index in [-0.39, 0.29) is 11.9 Å². The van der Waals surface area contributed by atoms with Crippen molar-refractivity contribution in [3.05, 3.63) is 22.2 Å². The maximum Gasteiger partial charge on any atom is 0.254 e. The molecule has 0 saturated heterocycles. The summed E-state index contributed by atoms with van der Waals surface area (Å²) >= 11 is 3.39. The molecule has 2 rings (SSSR count). The van der Waals surface area contributed by atoms with E-state index in [2.05, 4.69) is 22.0 Å². The zero-order valence-corrected chi connectivity index (χ0v) is 12.9. The van der Waals surface area contributed by atoms with Crippen LogP contribution in [0.4, 0.5) is 0 Å². The minimum atomic E-state index is -0.148. The highest BCUT2D eigenvalue weighted by atomic mass is 79.9. The summed E-state index contributed by atoms with van der Waals surface area (Å²) < 4.78 is 11.7. The Morgan fingerprint density at radius 1 is 1.50 bits per heavy atom. The molecule has 0 N–H and O–H groups in total. The lowest BCUT2D eigenvalue weighted by Crippen LogP contribution is -2.34. The summed E-state index contributed by atoms with van der Waals surface area (Å²) in [5.41, 5.74) is 0.508. The van der Waals surface area contributed by atoms with E-state index in [1.807, 2.05) is 6.92 Å². The smallest absolute Gasteiger partial charge is 0.254 e. The number of hydrogen-bond donors (Lipinski definition) is 0. The van der Waals surface area contributed by atoms with E-state index in [1.54, 1.807) is 24.1 Å². The molecule has 1 amide bonds. The molecule has 106 valence electrons. The maximum absolute atomic E-state index is 12.4. The quantitative estimate of drug-likeness (QED) is 0.849. The summed E-state index contributed by atoms with van der Waals surface area (Å²) in [6.07, 6.45) is 0.300. The first kappa shape index (κ1) is 14.7. The molecule has 1 aromatic rings. The third-order valence-corrected chi connectivity index (χ3v) is 3.80. The number of halogens is 1. The Hall–Kier alpha value is -1.74. The number of carbonyl (C=O) groups excluding carboxylic acids is 1. The van der Waals surface area contributed by atoms with E-state index < -0.39 is 0 Å². The lowest BCUT2D eigenvalue weighted by Gasteiger charge is -2.25. The molecule has 1 atom stereocenters. The van der Waals surface area contributed by atoms with E-state index in [9.17, 15) is 4.79 Å². The fourth-order valence-electron chi connectivity index (χ4n) is 1.91. The number of nitrogens with zero attached hydrogens (tertiary/aromatic N) is 2. The van der Waals surface area contributed by atoms with Crippen molar-refractivity contribution in [1.82, 2.24) is 4.90 Å². The van der Waals surface area contributed by atoms with Gasteiger partial charge in [0.05, 0.1) is 17.0 Å². The molecule has 20 heavy (non-hydrogen) atoms. The lowest BCUT2D eigenvalue weighted by molar-refractivity contribution is 0.0745. The molecule has 0 bridgehead atoms. The monoisotopic (exact) mass is 338 g/mol. The van der Waals surface area contributed by atoms with Crippen LogP contribution in [0.25, 0.3) is 0 Å². The molecule has 0 fully saturated rings. The van der Waals surface area contributed by atoms with Gasteiger partial charge in [-0.25, -0.2) is 0 Å². The van der Waals surface area contributed by atoms with Gasteiger partial charge in [0.15, 0.2) is 11.5 Å². The molecule has 6 heteroatoms. The molecule has 0 saturated carbocycles. The second-order valence-corrected chi connectivity index (χ2v) is 5.46. The second-order valence-electron chi connectivity index (χ2n) is 4.61. The molecule has 5 nitrogen and oxygen atoms in total. The lowest BCUT2D eigenvalue weighted by atomic mass is 10.1. The van der Waals surface area contributed by atoms with Gasteiger partial charge in [-0.05, 0) is 35.0 Å². The van der Waals surface area contributed by atoms with Crippen LogP contribution in [0.5, 0.6) is 11.5 Å². The van der Waals surface area contributed by atoms with Gasteiger partial charge in [0.25, 0.3) is 5.91 Å². The van der Waals surface area contributed by atoms with Gasteiger partial charge >= 0.3 is 0 Å². The third kappa shape index (κ3) is 2.88. The highest BCUT2D eigenvalue weighted by molar-refractivity contribution is 9.10. The van der Waals surface area contributed by atoms with Crippen molar-refractivity contribution in [3.63, 3.8) is 0 Å². The summed E-state index contributed by atoms with van der Waals surface area (Å²) in [6.45, 7) is 2.81. The van der Waals surface area contributed by atoms with Crippen molar-refractivity contribution >= 4 is 21.8 Å². The van der Waals surface area contributed by atoms with Gasteiger partial charge in [-0.15, -0.1) is 0 Å². The van der Waals surface area contributed by atoms with Crippen LogP contribution in [0.3, 0.4) is 0 Å². The molecular weight excluding hydrogens is 324 g/mol. The molecule has 1 aliphatic heterocycles. The number of carbonyl (C=O) groups is 1. The standard InChI is InChI=1S/C14H15BrN2O3/c1-9(3-4-16)17(2)14(18)10-7-11(15)13-12(8-10)19-5-6-20-13/h7-9H,3,5-6H2,1-2H3/t9-/m0/s1. The SMILES string of the molecule is C[C@@H](CC#N)N(C)C(=O)c1cc(Br)c2c(c1)OCCO2. The van der Waals surface area contributed by atoms with Crippen molar-refractivity contribution in [2.45, 2.75) is 19.4 Å². The Kier molecular flexibility index (Phi) is 4.50. The maximum atomic E-state index is 12.4. The zero-order valence-electron chi connectivity index (χ0n) is 11.4. The highest BCUT2D eigenvalue weighted by Crippen LogP contribution is 2.38. The average Bonchev–Trinajstić information content (AvgIpc) is 2.46. The summed E-state index contributed by atoms with van der Waals surface area (Å²) in [6, 6.07) is 5.32. The van der Waals surface area contributed by atoms with E-state index in [0.29, 0.717) is 41.2 Å². The minimum absolute atomic E-state index is 0.139. The molecule has 0 aromatic heterocycles. The summed E-state index contributed by atoms with van der Waals surface area (Å²) in [5, 5.41) is 8.71. The molecule has 0 aliphatic carbocycles. The first-order chi connectivity index (χ1) is 9.54. The number of ether oxygens (including phenoxy) is 2. The molecule has 1 aliphatic rings. The number of amides is 1. The van der Waals surface area contributed by atoms with E-state index in [4.69, 9.17) is 14.7 Å². The third-order valence-electron chi connectivity index (χ3n) is 3.21. The number of fused-ring (bicyclic) bond motifs is 1. The van der Waals surface area contributed by atoms with Crippen LogP contribution in [0.15, 0.2) is 16.6 Å². The van der Waals surface area contributed by atoms with Gasteiger partial charge in [0.1, 0.15) is 13.2 Å². The molecular formula is C14H15BrN2O3. The molecule has 0 radical (unpaired) electrons. The fourth-order valence-corrected chi connectivity index (χ4v) is 2.46. The van der Waals surface area contributed by atoms with Crippen molar-refractivity contribution in [3.8, 4) is 17.6 Å². The van der Waals surface area contributed by atoms with Gasteiger partial charge in [-0.2, -0.15) is 5.26 Å². The molecule has 0 unspecified atom stereocenters. The molecule has 1 aromatic carbocycles. The van der Waals surface area contributed by atoms with Crippen LogP contribution in [0.2, 0.25) is 0 Å². The average molecular weight is 339 g/mol. The van der Waals surface area contributed by atoms with Crippen molar-refractivity contribution < 1.29 is 14.3 Å². The topological polar surface area (TPSA) is 62.6 Å². The van der Waals surface area contributed by atoms with Crippen LogP contribution in [0, 0.1) is 11.3 Å². The van der Waals surface area contributed by atoms with Crippen LogP contribution in [0.1, 0.15) is 23.7 Å². The fraction of sp³-hybridized carbons (Fsp3) is 0.429. The predicted octanol–water partition coefficient (Wildman–Crippen LogP) is 2.59. The summed E-state index contributed by atoms with van der Waals surface area (Å²) in [5.74, 6) is 1.04. The Bertz CT molecular complexity index is 568. The highest BCUT2D eigenvalue weighted by Gasteiger charge is 2.22. The van der Waals surface area contributed by atoms with E-state index in [1.165, 1.54) is 0 Å². The van der Waals surface area contributed by atoms with E-state index in [0.717, 1.165) is 0 Å². The summed E-state index contributed by atoms with van der Waals surface area (Å²) in [4.78, 5) is 14.0. The van der Waals surface area contributed by atoms with Crippen LogP contribution in [-0.2, 0) is 0 Å². The van der Waals surface area contributed by atoms with Crippen LogP contribution >= 0.6 is 15.9 Å². The molecule has 0 spiro atoms. The Balaban J connectivity index is 2.27. The van der Waals surface area contributed by atoms with Crippen molar-refractivity contribution in [2.75, 3.05) is 20.3 Å². The number of hydrogen-bond acceptors (Lipinski definition) is 4. The number of nitriles is 1. The van der Waals surface area contributed by atoms with Crippen molar-refractivity contribution in [1.29, 1.82) is 5.26 Å².